The largest absolute Gasteiger partial charge is 0.335 e. The van der Waals surface area contributed by atoms with E-state index in [1.54, 1.807) is 11.7 Å². The maximum Gasteiger partial charge on any atom is 0.265 e. The number of rotatable bonds is 3. The molecule has 100 valence electrons. The van der Waals surface area contributed by atoms with Crippen molar-refractivity contribution in [3.05, 3.63) is 16.6 Å². The maximum absolute atomic E-state index is 12.5. The van der Waals surface area contributed by atoms with Crippen molar-refractivity contribution in [2.45, 2.75) is 49.9 Å². The summed E-state index contributed by atoms with van der Waals surface area (Å²) in [5.41, 5.74) is 1.73. The van der Waals surface area contributed by atoms with Gasteiger partial charge in [0.1, 0.15) is 4.88 Å². The topological polar surface area (TPSA) is 33.2 Å². The lowest BCUT2D eigenvalue weighted by atomic mass is 10.0. The summed E-state index contributed by atoms with van der Waals surface area (Å²) in [6, 6.07) is 0.372. The number of carbonyl (C=O) groups is 1. The van der Waals surface area contributed by atoms with Crippen LogP contribution in [-0.2, 0) is 0 Å². The van der Waals surface area contributed by atoms with Crippen LogP contribution in [0.25, 0.3) is 0 Å². The van der Waals surface area contributed by atoms with E-state index < -0.39 is 0 Å². The number of nitrogens with zero attached hydrogens (tertiary/aromatic N) is 2. The average Bonchev–Trinajstić information content (AvgIpc) is 2.76. The lowest BCUT2D eigenvalue weighted by molar-refractivity contribution is 0.0679. The number of thiazole rings is 1. The molecule has 1 aliphatic heterocycles. The summed E-state index contributed by atoms with van der Waals surface area (Å²) in [6.07, 6.45) is 7.44. The molecule has 2 unspecified atom stereocenters. The quantitative estimate of drug-likeness (QED) is 0.791. The number of aromatic nitrogens is 1. The molecule has 0 spiro atoms. The lowest BCUT2D eigenvalue weighted by Crippen LogP contribution is -2.40. The number of halogens is 1. The highest BCUT2D eigenvalue weighted by atomic mass is 79.9. The van der Waals surface area contributed by atoms with Gasteiger partial charge in [-0.1, -0.05) is 35.7 Å². The van der Waals surface area contributed by atoms with Gasteiger partial charge in [0.2, 0.25) is 0 Å². The van der Waals surface area contributed by atoms with Gasteiger partial charge in [-0.15, -0.1) is 11.3 Å². The number of carbonyl (C=O) groups excluding carboxylic acids is 1. The van der Waals surface area contributed by atoms with Crippen molar-refractivity contribution in [1.82, 2.24) is 9.88 Å². The van der Waals surface area contributed by atoms with Crippen LogP contribution >= 0.6 is 27.3 Å². The smallest absolute Gasteiger partial charge is 0.265 e. The second kappa shape index (κ2) is 6.66. The molecule has 0 radical (unpaired) electrons. The van der Waals surface area contributed by atoms with Gasteiger partial charge < -0.3 is 4.90 Å². The monoisotopic (exact) mass is 330 g/mol. The Morgan fingerprint density at radius 1 is 1.61 bits per heavy atom. The van der Waals surface area contributed by atoms with E-state index in [-0.39, 0.29) is 5.91 Å². The maximum atomic E-state index is 12.5. The standard InChI is InChI=1S/C13H19BrN2OS/c1-10(14)7-11-5-3-2-4-6-16(11)13(17)12-8-15-9-18-12/h8-11H,2-7H2,1H3. The van der Waals surface area contributed by atoms with Gasteiger partial charge in [0.05, 0.1) is 11.7 Å². The van der Waals surface area contributed by atoms with Crippen molar-refractivity contribution in [1.29, 1.82) is 0 Å². The van der Waals surface area contributed by atoms with Gasteiger partial charge in [-0.2, -0.15) is 0 Å². The van der Waals surface area contributed by atoms with Crippen LogP contribution < -0.4 is 0 Å². The minimum absolute atomic E-state index is 0.164. The second-order valence-electron chi connectivity index (χ2n) is 4.88. The Labute approximate surface area is 121 Å². The van der Waals surface area contributed by atoms with Crippen molar-refractivity contribution < 1.29 is 4.79 Å². The minimum atomic E-state index is 0.164. The lowest BCUT2D eigenvalue weighted by Gasteiger charge is -2.30. The first-order valence-corrected chi connectivity index (χ1v) is 8.31. The van der Waals surface area contributed by atoms with E-state index in [1.165, 1.54) is 24.2 Å². The summed E-state index contributed by atoms with van der Waals surface area (Å²) in [6.45, 7) is 3.04. The molecule has 5 heteroatoms. The Balaban J connectivity index is 2.12. The van der Waals surface area contributed by atoms with Crippen molar-refractivity contribution in [3.8, 4) is 0 Å². The van der Waals surface area contributed by atoms with Gasteiger partial charge in [0.15, 0.2) is 0 Å². The van der Waals surface area contributed by atoms with Gasteiger partial charge in [-0.25, -0.2) is 0 Å². The fraction of sp³-hybridized carbons (Fsp3) is 0.692. The van der Waals surface area contributed by atoms with Crippen LogP contribution in [0.4, 0.5) is 0 Å². The van der Waals surface area contributed by atoms with Crippen LogP contribution in [0.1, 0.15) is 48.7 Å². The molecule has 0 aliphatic carbocycles. The van der Waals surface area contributed by atoms with Crippen LogP contribution in [-0.4, -0.2) is 33.2 Å². The Morgan fingerprint density at radius 2 is 2.44 bits per heavy atom. The molecule has 1 fully saturated rings. The third-order valence-corrected chi connectivity index (χ3v) is 4.51. The third-order valence-electron chi connectivity index (χ3n) is 3.38. The molecule has 1 saturated heterocycles. The van der Waals surface area contributed by atoms with E-state index in [4.69, 9.17) is 0 Å². The van der Waals surface area contributed by atoms with Gasteiger partial charge in [0, 0.05) is 17.4 Å². The van der Waals surface area contributed by atoms with E-state index in [0.717, 1.165) is 30.7 Å². The molecule has 2 atom stereocenters. The molecule has 18 heavy (non-hydrogen) atoms. The van der Waals surface area contributed by atoms with Gasteiger partial charge in [0.25, 0.3) is 5.91 Å². The SMILES string of the molecule is CC(Br)CC1CCCCCN1C(=O)c1cncs1. The van der Waals surface area contributed by atoms with E-state index in [1.807, 2.05) is 0 Å². The molecule has 2 rings (SSSR count). The third kappa shape index (κ3) is 3.54. The molecule has 0 N–H and O–H groups in total. The number of likely N-dealkylation sites (tertiary alicyclic amines) is 1. The predicted molar refractivity (Wildman–Crippen MR) is 78.4 cm³/mol. The molecular weight excluding hydrogens is 312 g/mol. The summed E-state index contributed by atoms with van der Waals surface area (Å²) in [4.78, 5) is 19.8. The fourth-order valence-electron chi connectivity index (χ4n) is 2.53. The normalized spacial score (nSPS) is 22.6. The first-order valence-electron chi connectivity index (χ1n) is 6.52. The zero-order valence-corrected chi connectivity index (χ0v) is 13.0. The second-order valence-corrected chi connectivity index (χ2v) is 7.33. The van der Waals surface area contributed by atoms with Crippen LogP contribution in [0.2, 0.25) is 0 Å². The van der Waals surface area contributed by atoms with E-state index in [0.29, 0.717) is 10.9 Å². The first-order chi connectivity index (χ1) is 8.68. The van der Waals surface area contributed by atoms with Crippen molar-refractivity contribution in [2.75, 3.05) is 6.54 Å². The van der Waals surface area contributed by atoms with Crippen molar-refractivity contribution in [2.24, 2.45) is 0 Å². The molecule has 1 amide bonds. The minimum Gasteiger partial charge on any atom is -0.335 e. The molecule has 1 aromatic rings. The van der Waals surface area contributed by atoms with E-state index in [9.17, 15) is 4.79 Å². The molecule has 0 aromatic carbocycles. The molecule has 2 heterocycles. The van der Waals surface area contributed by atoms with Gasteiger partial charge >= 0.3 is 0 Å². The number of hydrogen-bond acceptors (Lipinski definition) is 3. The molecule has 1 aromatic heterocycles. The number of hydrogen-bond donors (Lipinski definition) is 0. The van der Waals surface area contributed by atoms with Crippen LogP contribution in [0.5, 0.6) is 0 Å². The molecule has 3 nitrogen and oxygen atoms in total. The summed E-state index contributed by atoms with van der Waals surface area (Å²) < 4.78 is 0. The van der Waals surface area contributed by atoms with E-state index in [2.05, 4.69) is 32.7 Å². The van der Waals surface area contributed by atoms with Gasteiger partial charge in [-0.05, 0) is 19.3 Å². The van der Waals surface area contributed by atoms with Crippen LogP contribution in [0.3, 0.4) is 0 Å². The fourth-order valence-corrected chi connectivity index (χ4v) is 3.53. The summed E-state index contributed by atoms with van der Waals surface area (Å²) in [7, 11) is 0. The summed E-state index contributed by atoms with van der Waals surface area (Å²) in [5.74, 6) is 0.164. The number of amides is 1. The van der Waals surface area contributed by atoms with Crippen LogP contribution in [0.15, 0.2) is 11.7 Å². The average molecular weight is 331 g/mol. The zero-order chi connectivity index (χ0) is 13.0. The van der Waals surface area contributed by atoms with Crippen molar-refractivity contribution >= 4 is 33.2 Å². The van der Waals surface area contributed by atoms with Crippen LogP contribution in [0, 0.1) is 0 Å². The summed E-state index contributed by atoms with van der Waals surface area (Å²) in [5, 5.41) is 0. The highest BCUT2D eigenvalue weighted by molar-refractivity contribution is 9.09. The molecular formula is C13H19BrN2OS. The highest BCUT2D eigenvalue weighted by Crippen LogP contribution is 2.25. The Kier molecular flexibility index (Phi) is 5.18. The molecule has 0 saturated carbocycles. The van der Waals surface area contributed by atoms with Gasteiger partial charge in [-0.3, -0.25) is 9.78 Å². The highest BCUT2D eigenvalue weighted by Gasteiger charge is 2.27. The Bertz CT molecular complexity index is 380. The Hall–Kier alpha value is -0.420. The van der Waals surface area contributed by atoms with E-state index >= 15 is 0 Å². The predicted octanol–water partition coefficient (Wildman–Crippen LogP) is 3.70. The van der Waals surface area contributed by atoms with Crippen molar-refractivity contribution in [3.63, 3.8) is 0 Å². The Morgan fingerprint density at radius 3 is 3.11 bits per heavy atom. The molecule has 0 bridgehead atoms. The summed E-state index contributed by atoms with van der Waals surface area (Å²) >= 11 is 5.05. The zero-order valence-electron chi connectivity index (χ0n) is 10.6. The molecule has 1 aliphatic rings. The number of alkyl halides is 1. The first kappa shape index (κ1) is 14.0.